The number of carboxylic acids is 1. The topological polar surface area (TPSA) is 66.3 Å². The van der Waals surface area contributed by atoms with Crippen LogP contribution in [0.5, 0.6) is 0 Å². The molecule has 2 heterocycles. The molecule has 106 valence electrons. The number of fused-ring (bicyclic) bond motifs is 1. The highest BCUT2D eigenvalue weighted by Gasteiger charge is 2.20. The number of rotatable bonds is 6. The fourth-order valence-corrected chi connectivity index (χ4v) is 3.19. The van der Waals surface area contributed by atoms with E-state index in [1.807, 2.05) is 13.0 Å². The van der Waals surface area contributed by atoms with Crippen molar-refractivity contribution in [2.45, 2.75) is 20.3 Å². The van der Waals surface area contributed by atoms with Gasteiger partial charge >= 0.3 is 5.97 Å². The molecule has 0 saturated carbocycles. The maximum atomic E-state index is 11.3. The monoisotopic (exact) mass is 291 g/mol. The molecule has 0 bridgehead atoms. The lowest BCUT2D eigenvalue weighted by atomic mass is 10.2. The van der Waals surface area contributed by atoms with E-state index in [4.69, 9.17) is 0 Å². The minimum Gasteiger partial charge on any atom is -0.477 e. The van der Waals surface area contributed by atoms with E-state index in [0.717, 1.165) is 34.6 Å². The number of carbonyl (C=O) groups is 1. The third-order valence-corrected chi connectivity index (χ3v) is 4.23. The van der Waals surface area contributed by atoms with Crippen molar-refractivity contribution in [1.82, 2.24) is 9.97 Å². The molecule has 2 aromatic rings. The van der Waals surface area contributed by atoms with Crippen molar-refractivity contribution in [3.05, 3.63) is 29.4 Å². The molecule has 1 N–H and O–H groups in total. The molecule has 2 rings (SSSR count). The largest absolute Gasteiger partial charge is 0.477 e. The molecule has 5 nitrogen and oxygen atoms in total. The number of thiophene rings is 1. The first-order valence-corrected chi connectivity index (χ1v) is 7.25. The molecular weight excluding hydrogens is 274 g/mol. The number of nitrogens with zero attached hydrogens (tertiary/aromatic N) is 3. The molecular formula is C14H17N3O2S. The van der Waals surface area contributed by atoms with Crippen molar-refractivity contribution in [2.75, 3.05) is 18.0 Å². The van der Waals surface area contributed by atoms with Gasteiger partial charge in [-0.05, 0) is 18.9 Å². The Bertz CT molecular complexity index is 651. The van der Waals surface area contributed by atoms with Crippen LogP contribution in [0.2, 0.25) is 0 Å². The molecule has 0 aliphatic heterocycles. The van der Waals surface area contributed by atoms with Gasteiger partial charge in [-0.2, -0.15) is 0 Å². The fraction of sp³-hybridized carbons (Fsp3) is 0.357. The number of hydrogen-bond acceptors (Lipinski definition) is 5. The Hall–Kier alpha value is -1.95. The Balaban J connectivity index is 2.63. The zero-order chi connectivity index (χ0) is 14.7. The van der Waals surface area contributed by atoms with Crippen LogP contribution in [0, 0.1) is 6.92 Å². The number of aromatic carboxylic acids is 1. The molecule has 0 fully saturated rings. The minimum atomic E-state index is -0.915. The molecule has 6 heteroatoms. The lowest BCUT2D eigenvalue weighted by Crippen LogP contribution is -2.25. The van der Waals surface area contributed by atoms with Gasteiger partial charge in [0, 0.05) is 13.1 Å². The molecule has 0 aliphatic carbocycles. The van der Waals surface area contributed by atoms with Crippen molar-refractivity contribution in [2.24, 2.45) is 0 Å². The van der Waals surface area contributed by atoms with Gasteiger partial charge in [-0.3, -0.25) is 0 Å². The van der Waals surface area contributed by atoms with E-state index in [-0.39, 0.29) is 0 Å². The van der Waals surface area contributed by atoms with Gasteiger partial charge in [-0.15, -0.1) is 17.9 Å². The summed E-state index contributed by atoms with van der Waals surface area (Å²) in [5.74, 6) is -0.125. The van der Waals surface area contributed by atoms with Crippen molar-refractivity contribution in [3.8, 4) is 0 Å². The van der Waals surface area contributed by atoms with Crippen molar-refractivity contribution < 1.29 is 9.90 Å². The normalized spacial score (nSPS) is 10.7. The Morgan fingerprint density at radius 1 is 1.55 bits per heavy atom. The predicted octanol–water partition coefficient (Wildman–Crippen LogP) is 3.10. The second kappa shape index (κ2) is 6.00. The van der Waals surface area contributed by atoms with Crippen LogP contribution >= 0.6 is 11.3 Å². The van der Waals surface area contributed by atoms with E-state index in [2.05, 4.69) is 28.4 Å². The summed E-state index contributed by atoms with van der Waals surface area (Å²) >= 11 is 1.20. The minimum absolute atomic E-state index is 0.330. The summed E-state index contributed by atoms with van der Waals surface area (Å²) in [6, 6.07) is 0. The van der Waals surface area contributed by atoms with Crippen molar-refractivity contribution >= 4 is 33.3 Å². The SMILES string of the molecule is C=CCN(CCC)c1ncnc2sc(C(=O)O)c(C)c12. The first-order chi connectivity index (χ1) is 9.60. The first-order valence-electron chi connectivity index (χ1n) is 6.43. The van der Waals surface area contributed by atoms with E-state index in [1.165, 1.54) is 17.7 Å². The van der Waals surface area contributed by atoms with Gasteiger partial charge in [-0.1, -0.05) is 13.0 Å². The van der Waals surface area contributed by atoms with Gasteiger partial charge in [0.1, 0.15) is 21.9 Å². The smallest absolute Gasteiger partial charge is 0.346 e. The van der Waals surface area contributed by atoms with Crippen molar-refractivity contribution in [3.63, 3.8) is 0 Å². The molecule has 0 saturated heterocycles. The standard InChI is InChI=1S/C14H17N3O2S/c1-4-6-17(7-5-2)12-10-9(3)11(14(18)19)20-13(10)16-8-15-12/h4,8H,1,5-7H2,2-3H3,(H,18,19). The second-order valence-corrected chi connectivity index (χ2v) is 5.47. The predicted molar refractivity (Wildman–Crippen MR) is 81.8 cm³/mol. The molecule has 0 atom stereocenters. The Labute approximate surface area is 121 Å². The average Bonchev–Trinajstić information content (AvgIpc) is 2.76. The molecule has 20 heavy (non-hydrogen) atoms. The Morgan fingerprint density at radius 2 is 2.30 bits per heavy atom. The highest BCUT2D eigenvalue weighted by molar-refractivity contribution is 7.20. The van der Waals surface area contributed by atoms with Gasteiger partial charge in [-0.25, -0.2) is 14.8 Å². The lowest BCUT2D eigenvalue weighted by Gasteiger charge is -2.22. The molecule has 0 radical (unpaired) electrons. The molecule has 0 spiro atoms. The molecule has 2 aromatic heterocycles. The van der Waals surface area contributed by atoms with E-state index < -0.39 is 5.97 Å². The maximum Gasteiger partial charge on any atom is 0.346 e. The molecule has 0 aromatic carbocycles. The summed E-state index contributed by atoms with van der Waals surface area (Å²) in [5, 5.41) is 10.1. The van der Waals surface area contributed by atoms with Crippen LogP contribution in [-0.4, -0.2) is 34.1 Å². The van der Waals surface area contributed by atoms with Gasteiger partial charge in [0.05, 0.1) is 5.39 Å². The molecule has 0 amide bonds. The van der Waals surface area contributed by atoms with Crippen LogP contribution < -0.4 is 4.90 Å². The Kier molecular flexibility index (Phi) is 4.34. The molecule has 0 aliphatic rings. The zero-order valence-electron chi connectivity index (χ0n) is 11.6. The average molecular weight is 291 g/mol. The first kappa shape index (κ1) is 14.5. The van der Waals surface area contributed by atoms with Crippen LogP contribution in [0.1, 0.15) is 28.6 Å². The number of aryl methyl sites for hydroxylation is 1. The van der Waals surface area contributed by atoms with Gasteiger partial charge < -0.3 is 10.0 Å². The summed E-state index contributed by atoms with van der Waals surface area (Å²) in [6.07, 6.45) is 4.29. The van der Waals surface area contributed by atoms with Gasteiger partial charge in [0.15, 0.2) is 0 Å². The van der Waals surface area contributed by atoms with Gasteiger partial charge in [0.2, 0.25) is 0 Å². The number of carboxylic acid groups (broad SMARTS) is 1. The molecule has 0 unspecified atom stereocenters. The van der Waals surface area contributed by atoms with Crippen LogP contribution in [-0.2, 0) is 0 Å². The lowest BCUT2D eigenvalue weighted by molar-refractivity contribution is 0.0701. The highest BCUT2D eigenvalue weighted by Crippen LogP contribution is 2.34. The van der Waals surface area contributed by atoms with E-state index in [9.17, 15) is 9.90 Å². The summed E-state index contributed by atoms with van der Waals surface area (Å²) in [5.41, 5.74) is 0.735. The van der Waals surface area contributed by atoms with Crippen LogP contribution in [0.4, 0.5) is 5.82 Å². The van der Waals surface area contributed by atoms with E-state index in [0.29, 0.717) is 11.4 Å². The number of hydrogen-bond donors (Lipinski definition) is 1. The third-order valence-electron chi connectivity index (χ3n) is 3.04. The van der Waals surface area contributed by atoms with E-state index >= 15 is 0 Å². The van der Waals surface area contributed by atoms with Crippen LogP contribution in [0.25, 0.3) is 10.2 Å². The Morgan fingerprint density at radius 3 is 2.90 bits per heavy atom. The fourth-order valence-electron chi connectivity index (χ4n) is 2.21. The zero-order valence-corrected chi connectivity index (χ0v) is 12.4. The van der Waals surface area contributed by atoms with Crippen molar-refractivity contribution in [1.29, 1.82) is 0 Å². The maximum absolute atomic E-state index is 11.3. The quantitative estimate of drug-likeness (QED) is 0.828. The van der Waals surface area contributed by atoms with Gasteiger partial charge in [0.25, 0.3) is 0 Å². The summed E-state index contributed by atoms with van der Waals surface area (Å²) < 4.78 is 0. The van der Waals surface area contributed by atoms with E-state index in [1.54, 1.807) is 0 Å². The highest BCUT2D eigenvalue weighted by atomic mass is 32.1. The summed E-state index contributed by atoms with van der Waals surface area (Å²) in [7, 11) is 0. The number of anilines is 1. The van der Waals surface area contributed by atoms with Crippen LogP contribution in [0.3, 0.4) is 0 Å². The third kappa shape index (κ3) is 2.51. The number of aromatic nitrogens is 2. The van der Waals surface area contributed by atoms with Crippen LogP contribution in [0.15, 0.2) is 19.0 Å². The summed E-state index contributed by atoms with van der Waals surface area (Å²) in [6.45, 7) is 9.20. The second-order valence-electron chi connectivity index (χ2n) is 4.47. The summed E-state index contributed by atoms with van der Waals surface area (Å²) in [4.78, 5) is 23.0.